The number of fused-ring (bicyclic) bond motifs is 8. The molecule has 5 heterocycles. The van der Waals surface area contributed by atoms with E-state index in [-0.39, 0.29) is 77.6 Å². The fourth-order valence-corrected chi connectivity index (χ4v) is 5.01. The van der Waals surface area contributed by atoms with Crippen LogP contribution in [0.5, 0.6) is 0 Å². The monoisotopic (exact) mass is 630 g/mol. The third-order valence-electron chi connectivity index (χ3n) is 7.12. The van der Waals surface area contributed by atoms with E-state index in [1.807, 2.05) is 60.7 Å². The first-order chi connectivity index (χ1) is 22.5. The van der Waals surface area contributed by atoms with Gasteiger partial charge in [-0.1, -0.05) is 0 Å². The zero-order valence-electron chi connectivity index (χ0n) is 25.5. The molecule has 0 fully saturated rings. The number of hydrogen-bond acceptors (Lipinski definition) is 10. The number of aliphatic hydroxyl groups excluding tert-OH is 2. The summed E-state index contributed by atoms with van der Waals surface area (Å²) in [5.41, 5.74) is 8.24. The predicted molar refractivity (Wildman–Crippen MR) is 173 cm³/mol. The standard InChI is InChI=1S/C34H38N4O8/c39-9-11-43-13-15-45-33(41)7-1-23-17-29-20-27-5-3-25(35-27)19-26-4-6-28(36-26)21-30-18-24(32(38-30)22-31(23)37-29)2-8-34(42)46-16-14-44-12-10-40/h3-6,17-22,37-40H,1-2,7-16H2. The summed E-state index contributed by atoms with van der Waals surface area (Å²) in [6, 6.07) is 11.8. The molecule has 0 radical (unpaired) electrons. The van der Waals surface area contributed by atoms with Gasteiger partial charge in [0.1, 0.15) is 13.2 Å². The molecule has 0 amide bonds. The lowest BCUT2D eigenvalue weighted by molar-refractivity contribution is -0.146. The lowest BCUT2D eigenvalue weighted by Gasteiger charge is -2.05. The number of aryl methyl sites for hydroxylation is 2. The van der Waals surface area contributed by atoms with Crippen molar-refractivity contribution < 1.29 is 38.7 Å². The second-order valence-electron chi connectivity index (χ2n) is 10.6. The van der Waals surface area contributed by atoms with E-state index in [0.717, 1.165) is 56.0 Å². The number of nitrogens with zero attached hydrogens (tertiary/aromatic N) is 2. The highest BCUT2D eigenvalue weighted by Gasteiger charge is 2.11. The molecule has 0 unspecified atom stereocenters. The van der Waals surface area contributed by atoms with E-state index in [0.29, 0.717) is 12.8 Å². The highest BCUT2D eigenvalue weighted by molar-refractivity contribution is 5.80. The molecular weight excluding hydrogens is 592 g/mol. The summed E-state index contributed by atoms with van der Waals surface area (Å²) in [6.07, 6.45) is 8.95. The van der Waals surface area contributed by atoms with Crippen LogP contribution in [-0.4, -0.2) is 94.9 Å². The summed E-state index contributed by atoms with van der Waals surface area (Å²) in [5, 5.41) is 17.6. The zero-order valence-corrected chi connectivity index (χ0v) is 25.5. The maximum atomic E-state index is 12.5. The fraction of sp³-hybridized carbons (Fsp3) is 0.353. The number of H-pyrrole nitrogens is 2. The molecule has 0 aliphatic carbocycles. The highest BCUT2D eigenvalue weighted by Crippen LogP contribution is 2.23. The quantitative estimate of drug-likeness (QED) is 0.0933. The number of aliphatic hydroxyl groups is 2. The molecule has 0 atom stereocenters. The van der Waals surface area contributed by atoms with Crippen molar-refractivity contribution in [2.24, 2.45) is 0 Å². The number of aromatic nitrogens is 4. The van der Waals surface area contributed by atoms with Crippen molar-refractivity contribution in [2.45, 2.75) is 25.7 Å². The van der Waals surface area contributed by atoms with Gasteiger partial charge in [-0.2, -0.15) is 0 Å². The van der Waals surface area contributed by atoms with Crippen molar-refractivity contribution in [1.82, 2.24) is 19.9 Å². The topological polar surface area (TPSA) is 169 Å². The van der Waals surface area contributed by atoms with Crippen LogP contribution in [0.3, 0.4) is 0 Å². The van der Waals surface area contributed by atoms with Crippen LogP contribution in [0.1, 0.15) is 46.7 Å². The first kappa shape index (κ1) is 32.8. The van der Waals surface area contributed by atoms with Crippen molar-refractivity contribution in [3.8, 4) is 0 Å². The Labute approximate surface area is 265 Å². The number of ether oxygens (including phenoxy) is 4. The molecule has 0 saturated heterocycles. The Bertz CT molecular complexity index is 1620. The molecule has 5 rings (SSSR count). The van der Waals surface area contributed by atoms with Gasteiger partial charge in [-0.3, -0.25) is 9.59 Å². The van der Waals surface area contributed by atoms with Crippen LogP contribution in [0, 0.1) is 0 Å². The molecule has 12 nitrogen and oxygen atoms in total. The number of hydrogen-bond donors (Lipinski definition) is 4. The van der Waals surface area contributed by atoms with E-state index in [9.17, 15) is 9.59 Å². The number of rotatable bonds is 16. The van der Waals surface area contributed by atoms with Gasteiger partial charge in [0.2, 0.25) is 0 Å². The van der Waals surface area contributed by atoms with Gasteiger partial charge in [0.05, 0.1) is 62.4 Å². The van der Waals surface area contributed by atoms with Crippen LogP contribution in [0.4, 0.5) is 0 Å². The van der Waals surface area contributed by atoms with Crippen molar-refractivity contribution in [2.75, 3.05) is 52.9 Å². The lowest BCUT2D eigenvalue weighted by Crippen LogP contribution is -2.12. The van der Waals surface area contributed by atoms with Gasteiger partial charge in [0, 0.05) is 34.9 Å². The van der Waals surface area contributed by atoms with Crippen LogP contribution >= 0.6 is 0 Å². The van der Waals surface area contributed by atoms with Gasteiger partial charge in [-0.05, 0) is 84.7 Å². The Morgan fingerprint density at radius 2 is 1.00 bits per heavy atom. The minimum absolute atomic E-state index is 0.0845. The van der Waals surface area contributed by atoms with Crippen molar-refractivity contribution in [3.63, 3.8) is 0 Å². The predicted octanol–water partition coefficient (Wildman–Crippen LogP) is 3.63. The third kappa shape index (κ3) is 9.69. The number of carbonyl (C=O) groups excluding carboxylic acids is 2. The molecule has 0 spiro atoms. The Balaban J connectivity index is 1.46. The second-order valence-corrected chi connectivity index (χ2v) is 10.6. The normalized spacial score (nSPS) is 12.0. The molecular formula is C34H38N4O8. The highest BCUT2D eigenvalue weighted by atomic mass is 16.6. The Morgan fingerprint density at radius 1 is 0.565 bits per heavy atom. The molecule has 46 heavy (non-hydrogen) atoms. The summed E-state index contributed by atoms with van der Waals surface area (Å²) in [7, 11) is 0. The molecule has 242 valence electrons. The Kier molecular flexibility index (Phi) is 11.8. The van der Waals surface area contributed by atoms with Crippen molar-refractivity contribution in [1.29, 1.82) is 0 Å². The van der Waals surface area contributed by atoms with E-state index in [1.165, 1.54) is 0 Å². The van der Waals surface area contributed by atoms with Gasteiger partial charge in [0.15, 0.2) is 0 Å². The first-order valence-corrected chi connectivity index (χ1v) is 15.3. The van der Waals surface area contributed by atoms with Gasteiger partial charge in [-0.25, -0.2) is 9.97 Å². The molecule has 3 aromatic rings. The number of carbonyl (C=O) groups is 2. The van der Waals surface area contributed by atoms with Gasteiger partial charge < -0.3 is 39.1 Å². The number of aromatic amines is 2. The maximum Gasteiger partial charge on any atom is 0.306 e. The summed E-state index contributed by atoms with van der Waals surface area (Å²) >= 11 is 0. The van der Waals surface area contributed by atoms with Crippen LogP contribution in [0.25, 0.3) is 46.4 Å². The Morgan fingerprint density at radius 3 is 1.43 bits per heavy atom. The fourth-order valence-electron chi connectivity index (χ4n) is 5.01. The van der Waals surface area contributed by atoms with Crippen LogP contribution in [-0.2, 0) is 41.4 Å². The number of esters is 2. The SMILES string of the molecule is O=C(CCc1cc2cc3nc(cc4nc(cc5cc(CCC(=O)OCCOCCO)c(cc1[nH]2)[nH]5)C=C4)C=C3)OCCOCCO. The van der Waals surface area contributed by atoms with E-state index < -0.39 is 0 Å². The smallest absolute Gasteiger partial charge is 0.306 e. The van der Waals surface area contributed by atoms with Crippen molar-refractivity contribution in [3.05, 3.63) is 70.3 Å². The number of nitrogens with one attached hydrogen (secondary N) is 2. The van der Waals surface area contributed by atoms with Crippen LogP contribution in [0.15, 0.2) is 36.4 Å². The molecule has 0 aromatic carbocycles. The maximum absolute atomic E-state index is 12.5. The van der Waals surface area contributed by atoms with Crippen LogP contribution in [0.2, 0.25) is 0 Å². The lowest BCUT2D eigenvalue weighted by atomic mass is 10.1. The van der Waals surface area contributed by atoms with E-state index >= 15 is 0 Å². The van der Waals surface area contributed by atoms with Gasteiger partial charge in [0.25, 0.3) is 0 Å². The first-order valence-electron chi connectivity index (χ1n) is 15.3. The molecule has 4 N–H and O–H groups in total. The van der Waals surface area contributed by atoms with Gasteiger partial charge in [-0.15, -0.1) is 0 Å². The minimum atomic E-state index is -0.347. The van der Waals surface area contributed by atoms with Crippen molar-refractivity contribution >= 4 is 58.3 Å². The second kappa shape index (κ2) is 16.6. The summed E-state index contributed by atoms with van der Waals surface area (Å²) < 4.78 is 20.9. The summed E-state index contributed by atoms with van der Waals surface area (Å²) in [6.45, 7) is 0.915. The molecule has 8 bridgehead atoms. The van der Waals surface area contributed by atoms with Gasteiger partial charge >= 0.3 is 11.9 Å². The molecule has 3 aromatic heterocycles. The van der Waals surface area contributed by atoms with E-state index in [2.05, 4.69) is 9.97 Å². The van der Waals surface area contributed by atoms with E-state index in [1.54, 1.807) is 0 Å². The minimum Gasteiger partial charge on any atom is -0.463 e. The molecule has 12 heteroatoms. The van der Waals surface area contributed by atoms with E-state index in [4.69, 9.17) is 39.1 Å². The average Bonchev–Trinajstić information content (AvgIpc) is 3.84. The average molecular weight is 631 g/mol. The largest absolute Gasteiger partial charge is 0.463 e. The molecule has 2 aliphatic rings. The third-order valence-corrected chi connectivity index (χ3v) is 7.12. The molecule has 2 aliphatic heterocycles. The zero-order chi connectivity index (χ0) is 32.1. The summed E-state index contributed by atoms with van der Waals surface area (Å²) in [4.78, 5) is 41.3. The molecule has 0 saturated carbocycles. The summed E-state index contributed by atoms with van der Waals surface area (Å²) in [5.74, 6) is -0.693. The Hall–Kier alpha value is -4.62. The van der Waals surface area contributed by atoms with Crippen LogP contribution < -0.4 is 0 Å².